The van der Waals surface area contributed by atoms with Crippen LogP contribution in [0.2, 0.25) is 0 Å². The topological polar surface area (TPSA) is 81.1 Å². The van der Waals surface area contributed by atoms with Gasteiger partial charge in [-0.1, -0.05) is 37.3 Å². The van der Waals surface area contributed by atoms with Crippen LogP contribution in [-0.4, -0.2) is 18.0 Å². The molecule has 4 rings (SSSR count). The Balaban J connectivity index is 1.72. The molecule has 1 aromatic heterocycles. The van der Waals surface area contributed by atoms with Gasteiger partial charge in [0.2, 0.25) is 5.69 Å². The molecule has 0 aliphatic rings. The molecule has 0 saturated heterocycles. The Kier molecular flexibility index (Phi) is 7.03. The molecule has 0 atom stereocenters. The van der Waals surface area contributed by atoms with Gasteiger partial charge in [-0.25, -0.2) is 18.5 Å². The molecule has 0 spiro atoms. The minimum Gasteiger partial charge on any atom is -0.710 e. The molecule has 4 aromatic rings. The molecule has 0 fully saturated rings. The Bertz CT molecular complexity index is 1460. The Morgan fingerprint density at radius 1 is 1.05 bits per heavy atom. The highest BCUT2D eigenvalue weighted by Gasteiger charge is 2.30. The smallest absolute Gasteiger partial charge is 0.300 e. The van der Waals surface area contributed by atoms with Gasteiger partial charge in [0.15, 0.2) is 5.69 Å². The number of carbonyl (C=O) groups excluding carboxylic acids is 1. The number of aryl methyl sites for hydroxylation is 3. The molecule has 192 valence electrons. The summed E-state index contributed by atoms with van der Waals surface area (Å²) in [4.78, 5) is 16.1. The number of carbonyl (C=O) groups is 1. The van der Waals surface area contributed by atoms with Gasteiger partial charge in [0.05, 0.1) is 12.7 Å². The normalized spacial score (nSPS) is 11.4. The predicted octanol–water partition coefficient (Wildman–Crippen LogP) is 6.67. The van der Waals surface area contributed by atoms with Gasteiger partial charge in [-0.3, -0.25) is 4.79 Å². The van der Waals surface area contributed by atoms with Gasteiger partial charge in [-0.2, -0.15) is 0 Å². The lowest BCUT2D eigenvalue weighted by Crippen LogP contribution is -2.36. The molecule has 0 aliphatic carbocycles. The molecule has 0 radical (unpaired) electrons. The number of aromatic nitrogens is 2. The molecule has 8 heteroatoms. The van der Waals surface area contributed by atoms with Crippen LogP contribution < -0.4 is 14.8 Å². The highest BCUT2D eigenvalue weighted by Crippen LogP contribution is 2.37. The summed E-state index contributed by atoms with van der Waals surface area (Å²) in [5.41, 5.74) is 4.69. The van der Waals surface area contributed by atoms with E-state index in [-0.39, 0.29) is 29.2 Å². The number of hydrogen-bond acceptors (Lipinski definition) is 3. The number of halogens is 2. The first-order valence-electron chi connectivity index (χ1n) is 11.9. The van der Waals surface area contributed by atoms with Crippen LogP contribution in [-0.2, 0) is 5.92 Å². The van der Waals surface area contributed by atoms with E-state index in [1.807, 2.05) is 38.1 Å². The number of aromatic amines is 1. The standard InChI is InChI=1S/C29H29F2N3O3/c1-6-29(30,31)21-11-8-12-22(16-21)33-28(35)26-19(4)32-27(34(26)36)20-13-14-24(37-5)23(15-20)25-17(2)9-7-10-18(25)3/h7-16,32H,6H2,1-5H3,(H,33,35). The van der Waals surface area contributed by atoms with E-state index >= 15 is 0 Å². The van der Waals surface area contributed by atoms with Crippen molar-refractivity contribution in [2.24, 2.45) is 0 Å². The van der Waals surface area contributed by atoms with Crippen molar-refractivity contribution in [2.45, 2.75) is 40.0 Å². The van der Waals surface area contributed by atoms with Crippen molar-refractivity contribution >= 4 is 11.6 Å². The number of hydrogen-bond donors (Lipinski definition) is 2. The summed E-state index contributed by atoms with van der Waals surface area (Å²) in [7, 11) is 1.59. The van der Waals surface area contributed by atoms with E-state index in [2.05, 4.69) is 10.3 Å². The Morgan fingerprint density at radius 2 is 1.73 bits per heavy atom. The summed E-state index contributed by atoms with van der Waals surface area (Å²) < 4.78 is 34.4. The molecule has 0 bridgehead atoms. The summed E-state index contributed by atoms with van der Waals surface area (Å²) in [6.07, 6.45) is -0.364. The van der Waals surface area contributed by atoms with Crippen LogP contribution in [0.4, 0.5) is 14.5 Å². The first kappa shape index (κ1) is 25.9. The zero-order valence-corrected chi connectivity index (χ0v) is 21.4. The minimum absolute atomic E-state index is 0.146. The fraction of sp³-hybridized carbons (Fsp3) is 0.241. The van der Waals surface area contributed by atoms with Crippen LogP contribution in [0.15, 0.2) is 60.7 Å². The zero-order valence-electron chi connectivity index (χ0n) is 21.4. The number of nitrogens with one attached hydrogen (secondary N) is 2. The molecule has 0 unspecified atom stereocenters. The molecule has 37 heavy (non-hydrogen) atoms. The summed E-state index contributed by atoms with van der Waals surface area (Å²) in [5, 5.41) is 15.9. The number of imidazole rings is 1. The van der Waals surface area contributed by atoms with Crippen LogP contribution in [0.1, 0.15) is 46.2 Å². The van der Waals surface area contributed by atoms with Gasteiger partial charge in [0.1, 0.15) is 5.75 Å². The lowest BCUT2D eigenvalue weighted by atomic mass is 9.93. The maximum atomic E-state index is 14.1. The number of H-pyrrole nitrogens is 1. The summed E-state index contributed by atoms with van der Waals surface area (Å²) in [6.45, 7) is 7.02. The lowest BCUT2D eigenvalue weighted by molar-refractivity contribution is -0.594. The summed E-state index contributed by atoms with van der Waals surface area (Å²) >= 11 is 0. The van der Waals surface area contributed by atoms with Gasteiger partial charge >= 0.3 is 0 Å². The van der Waals surface area contributed by atoms with Crippen molar-refractivity contribution in [1.82, 2.24) is 4.98 Å². The molecule has 1 amide bonds. The third-order valence-electron chi connectivity index (χ3n) is 6.49. The number of anilines is 1. The Labute approximate surface area is 214 Å². The maximum absolute atomic E-state index is 14.1. The number of amides is 1. The molecule has 0 aliphatic heterocycles. The number of methoxy groups -OCH3 is 1. The number of alkyl halides is 2. The first-order chi connectivity index (χ1) is 17.6. The van der Waals surface area contributed by atoms with Crippen LogP contribution in [0.3, 0.4) is 0 Å². The van der Waals surface area contributed by atoms with Gasteiger partial charge < -0.3 is 15.3 Å². The third kappa shape index (κ3) is 4.91. The lowest BCUT2D eigenvalue weighted by Gasteiger charge is -2.16. The van der Waals surface area contributed by atoms with E-state index < -0.39 is 11.8 Å². The largest absolute Gasteiger partial charge is 0.710 e. The average molecular weight is 506 g/mol. The quantitative estimate of drug-likeness (QED) is 0.217. The number of ether oxygens (including phenoxy) is 1. The number of nitrogens with zero attached hydrogens (tertiary/aromatic N) is 1. The maximum Gasteiger partial charge on any atom is 0.300 e. The Morgan fingerprint density at radius 3 is 2.38 bits per heavy atom. The van der Waals surface area contributed by atoms with Gasteiger partial charge in [0, 0.05) is 30.2 Å². The van der Waals surface area contributed by atoms with Crippen LogP contribution in [0.5, 0.6) is 5.75 Å². The van der Waals surface area contributed by atoms with Crippen molar-refractivity contribution in [3.8, 4) is 28.3 Å². The third-order valence-corrected chi connectivity index (χ3v) is 6.49. The zero-order chi connectivity index (χ0) is 26.9. The van der Waals surface area contributed by atoms with Crippen molar-refractivity contribution < 1.29 is 23.0 Å². The minimum atomic E-state index is -3.02. The molecule has 3 aromatic carbocycles. The van der Waals surface area contributed by atoms with Crippen molar-refractivity contribution in [2.75, 3.05) is 12.4 Å². The van der Waals surface area contributed by atoms with Gasteiger partial charge in [-0.05, 0) is 60.9 Å². The molecular weight excluding hydrogens is 476 g/mol. The van der Waals surface area contributed by atoms with Gasteiger partial charge in [-0.15, -0.1) is 0 Å². The fourth-order valence-corrected chi connectivity index (χ4v) is 4.51. The molecule has 0 saturated carbocycles. The second-order valence-corrected chi connectivity index (χ2v) is 9.02. The van der Waals surface area contributed by atoms with Crippen LogP contribution in [0, 0.1) is 26.0 Å². The van der Waals surface area contributed by atoms with Crippen molar-refractivity contribution in [1.29, 1.82) is 0 Å². The second-order valence-electron chi connectivity index (χ2n) is 9.02. The summed E-state index contributed by atoms with van der Waals surface area (Å²) in [6, 6.07) is 16.9. The fourth-order valence-electron chi connectivity index (χ4n) is 4.51. The van der Waals surface area contributed by atoms with Crippen LogP contribution in [0.25, 0.3) is 22.5 Å². The van der Waals surface area contributed by atoms with E-state index in [0.717, 1.165) is 22.3 Å². The predicted molar refractivity (Wildman–Crippen MR) is 140 cm³/mol. The van der Waals surface area contributed by atoms with E-state index in [0.29, 0.717) is 21.7 Å². The second kappa shape index (κ2) is 10.0. The number of benzene rings is 3. The van der Waals surface area contributed by atoms with E-state index in [4.69, 9.17) is 4.74 Å². The van der Waals surface area contributed by atoms with Crippen molar-refractivity contribution in [3.63, 3.8) is 0 Å². The molecule has 1 heterocycles. The molecule has 6 nitrogen and oxygen atoms in total. The number of rotatable bonds is 7. The highest BCUT2D eigenvalue weighted by atomic mass is 19.3. The van der Waals surface area contributed by atoms with E-state index in [1.165, 1.54) is 31.2 Å². The summed E-state index contributed by atoms with van der Waals surface area (Å²) in [5.74, 6) is -2.87. The van der Waals surface area contributed by atoms with Gasteiger partial charge in [0.25, 0.3) is 17.7 Å². The average Bonchev–Trinajstić information content (AvgIpc) is 3.17. The Hall–Kier alpha value is -4.20. The van der Waals surface area contributed by atoms with Crippen molar-refractivity contribution in [3.05, 3.63) is 93.9 Å². The molecular formula is C29H29F2N3O3. The SMILES string of the molecule is CCC(F)(F)c1cccc(NC(=O)c2c(C)[nH]c(-c3ccc(OC)c(-c4c(C)cccc4C)c3)[n+]2[O-])c1. The highest BCUT2D eigenvalue weighted by molar-refractivity contribution is 6.02. The van der Waals surface area contributed by atoms with Crippen LogP contribution >= 0.6 is 0 Å². The molecule has 2 N–H and O–H groups in total. The van der Waals surface area contributed by atoms with E-state index in [1.54, 1.807) is 26.2 Å². The first-order valence-corrected chi connectivity index (χ1v) is 11.9. The monoisotopic (exact) mass is 505 g/mol. The van der Waals surface area contributed by atoms with E-state index in [9.17, 15) is 18.8 Å².